The predicted octanol–water partition coefficient (Wildman–Crippen LogP) is 5.73. The number of hydrogen-bond donors (Lipinski definition) is 3. The predicted molar refractivity (Wildman–Crippen MR) is 147 cm³/mol. The number of nitrogens with zero attached hydrogens (tertiary/aromatic N) is 2. The van der Waals surface area contributed by atoms with Gasteiger partial charge in [0.05, 0.1) is 18.9 Å². The zero-order chi connectivity index (χ0) is 27.3. The van der Waals surface area contributed by atoms with Crippen LogP contribution < -0.4 is 20.7 Å². The molecule has 3 amide bonds. The van der Waals surface area contributed by atoms with Crippen molar-refractivity contribution in [2.24, 2.45) is 0 Å². The summed E-state index contributed by atoms with van der Waals surface area (Å²) in [5.74, 6) is 1.11. The number of hydrogen-bond acceptors (Lipinski definition) is 7. The number of carbonyl (C=O) groups is 2. The van der Waals surface area contributed by atoms with E-state index in [1.54, 1.807) is 43.6 Å². The van der Waals surface area contributed by atoms with Gasteiger partial charge in [0.25, 0.3) is 0 Å². The van der Waals surface area contributed by atoms with E-state index in [0.717, 1.165) is 43.6 Å². The van der Waals surface area contributed by atoms with Crippen molar-refractivity contribution < 1.29 is 23.5 Å². The van der Waals surface area contributed by atoms with E-state index >= 15 is 0 Å². The molecule has 0 radical (unpaired) electrons. The van der Waals surface area contributed by atoms with Gasteiger partial charge < -0.3 is 34.7 Å². The van der Waals surface area contributed by atoms with Gasteiger partial charge in [0, 0.05) is 30.5 Å². The highest BCUT2D eigenvalue weighted by atomic mass is 16.6. The molecule has 0 spiro atoms. The second-order valence-electron chi connectivity index (χ2n) is 8.66. The van der Waals surface area contributed by atoms with Crippen LogP contribution in [0, 0.1) is 0 Å². The molecule has 1 heterocycles. The van der Waals surface area contributed by atoms with Gasteiger partial charge in [-0.15, -0.1) is 0 Å². The molecular formula is C28H37N5O5. The van der Waals surface area contributed by atoms with E-state index in [4.69, 9.17) is 13.9 Å². The number of carbonyl (C=O) groups excluding carboxylic acids is 2. The zero-order valence-electron chi connectivity index (χ0n) is 22.5. The van der Waals surface area contributed by atoms with Crippen molar-refractivity contribution in [3.8, 4) is 17.1 Å². The highest BCUT2D eigenvalue weighted by molar-refractivity contribution is 6.00. The minimum absolute atomic E-state index is 0.129. The minimum Gasteiger partial charge on any atom is -0.496 e. The third-order valence-electron chi connectivity index (χ3n) is 6.17. The Labute approximate surface area is 223 Å². The molecule has 38 heavy (non-hydrogen) atoms. The Bertz CT molecular complexity index is 1160. The maximum atomic E-state index is 12.6. The van der Waals surface area contributed by atoms with Crippen LogP contribution >= 0.6 is 0 Å². The van der Waals surface area contributed by atoms with E-state index in [-0.39, 0.29) is 12.6 Å². The van der Waals surface area contributed by atoms with Gasteiger partial charge in [-0.05, 0) is 55.8 Å². The molecular weight excluding hydrogens is 486 g/mol. The molecule has 1 atom stereocenters. The summed E-state index contributed by atoms with van der Waals surface area (Å²) in [4.78, 5) is 31.2. The monoisotopic (exact) mass is 523 g/mol. The number of anilines is 2. The number of aromatic nitrogens is 1. The van der Waals surface area contributed by atoms with Crippen LogP contribution in [-0.2, 0) is 11.3 Å². The molecule has 0 saturated heterocycles. The van der Waals surface area contributed by atoms with Crippen molar-refractivity contribution in [2.45, 2.75) is 46.3 Å². The average molecular weight is 524 g/mol. The average Bonchev–Trinajstić information content (AvgIpc) is 3.46. The summed E-state index contributed by atoms with van der Waals surface area (Å²) in [5.41, 5.74) is 2.69. The summed E-state index contributed by atoms with van der Waals surface area (Å²) in [7, 11) is 1.54. The molecule has 0 fully saturated rings. The van der Waals surface area contributed by atoms with Crippen LogP contribution in [0.5, 0.6) is 5.75 Å². The van der Waals surface area contributed by atoms with Gasteiger partial charge in [-0.2, -0.15) is 0 Å². The summed E-state index contributed by atoms with van der Waals surface area (Å²) in [6, 6.07) is 12.1. The summed E-state index contributed by atoms with van der Waals surface area (Å²) >= 11 is 0. The second kappa shape index (κ2) is 14.6. The van der Waals surface area contributed by atoms with Gasteiger partial charge >= 0.3 is 12.1 Å². The van der Waals surface area contributed by atoms with Crippen molar-refractivity contribution >= 4 is 23.5 Å². The lowest BCUT2D eigenvalue weighted by atomic mass is 10.1. The third kappa shape index (κ3) is 8.52. The Kier molecular flexibility index (Phi) is 11.0. The second-order valence-corrected chi connectivity index (χ2v) is 8.66. The number of benzene rings is 2. The maximum Gasteiger partial charge on any atom is 0.407 e. The highest BCUT2D eigenvalue weighted by Crippen LogP contribution is 2.32. The number of alkyl carbamates (subject to hydrolysis) is 1. The summed E-state index contributed by atoms with van der Waals surface area (Å²) in [6.45, 7) is 9.40. The van der Waals surface area contributed by atoms with E-state index in [1.807, 2.05) is 19.1 Å². The van der Waals surface area contributed by atoms with Crippen LogP contribution in [-0.4, -0.2) is 54.9 Å². The summed E-state index contributed by atoms with van der Waals surface area (Å²) < 4.78 is 16.4. The van der Waals surface area contributed by atoms with Crippen LogP contribution in [0.3, 0.4) is 0 Å². The number of urea groups is 1. The first kappa shape index (κ1) is 28.5. The number of amides is 3. The van der Waals surface area contributed by atoms with Gasteiger partial charge in [0.15, 0.2) is 12.2 Å². The molecule has 0 bridgehead atoms. The van der Waals surface area contributed by atoms with Crippen molar-refractivity contribution in [2.75, 3.05) is 37.4 Å². The fourth-order valence-electron chi connectivity index (χ4n) is 3.95. The van der Waals surface area contributed by atoms with Crippen molar-refractivity contribution in [1.29, 1.82) is 0 Å². The molecule has 0 saturated carbocycles. The standard InChI is InChI=1S/C28H37N5O5/c1-5-23(13-14-33(6-2)7-3)38-28(35)30-17-20-9-8-10-21(15-20)31-27(34)32-22-11-12-24(25(16-22)36-4)26-18-29-19-37-26/h8-12,15-16,18-19,23H,5-7,13-14,17H2,1-4H3,(H,30,35)(H2,31,32,34). The largest absolute Gasteiger partial charge is 0.496 e. The number of ether oxygens (including phenoxy) is 2. The summed E-state index contributed by atoms with van der Waals surface area (Å²) in [6.07, 6.45) is 3.92. The van der Waals surface area contributed by atoms with Crippen molar-refractivity contribution in [3.05, 3.63) is 60.6 Å². The summed E-state index contributed by atoms with van der Waals surface area (Å²) in [5, 5.41) is 8.40. The molecule has 0 aliphatic rings. The molecule has 3 N–H and O–H groups in total. The Balaban J connectivity index is 1.50. The number of nitrogens with one attached hydrogen (secondary N) is 3. The first-order chi connectivity index (χ1) is 18.4. The number of oxazole rings is 1. The normalized spacial score (nSPS) is 11.6. The van der Waals surface area contributed by atoms with E-state index in [0.29, 0.717) is 22.9 Å². The molecule has 10 nitrogen and oxygen atoms in total. The van der Waals surface area contributed by atoms with Crippen molar-refractivity contribution in [3.63, 3.8) is 0 Å². The molecule has 1 aromatic heterocycles. The van der Waals surface area contributed by atoms with Crippen LogP contribution in [0.1, 0.15) is 39.2 Å². The first-order valence-electron chi connectivity index (χ1n) is 12.9. The molecule has 0 aliphatic heterocycles. The van der Waals surface area contributed by atoms with Crippen molar-refractivity contribution in [1.82, 2.24) is 15.2 Å². The van der Waals surface area contributed by atoms with Gasteiger partial charge in [0.1, 0.15) is 11.9 Å². The van der Waals surface area contributed by atoms with Crippen LogP contribution in [0.25, 0.3) is 11.3 Å². The minimum atomic E-state index is -0.449. The molecule has 2 aromatic carbocycles. The Morgan fingerprint density at radius 1 is 1.05 bits per heavy atom. The molecule has 10 heteroatoms. The van der Waals surface area contributed by atoms with E-state index in [9.17, 15) is 9.59 Å². The SMILES string of the molecule is CCC(CCN(CC)CC)OC(=O)NCc1cccc(NC(=O)Nc2ccc(-c3cnco3)c(OC)c2)c1. The van der Waals surface area contributed by atoms with E-state index in [1.165, 1.54) is 6.39 Å². The van der Waals surface area contributed by atoms with Crippen LogP contribution in [0.2, 0.25) is 0 Å². The Hall–Kier alpha value is -4.05. The highest BCUT2D eigenvalue weighted by Gasteiger charge is 2.14. The Morgan fingerprint density at radius 3 is 2.47 bits per heavy atom. The topological polar surface area (TPSA) is 118 Å². The van der Waals surface area contributed by atoms with Crippen LogP contribution in [0.4, 0.5) is 21.0 Å². The third-order valence-corrected chi connectivity index (χ3v) is 6.17. The molecule has 1 unspecified atom stereocenters. The lowest BCUT2D eigenvalue weighted by molar-refractivity contribution is 0.0825. The lowest BCUT2D eigenvalue weighted by Gasteiger charge is -2.22. The first-order valence-corrected chi connectivity index (χ1v) is 12.9. The van der Waals surface area contributed by atoms with Gasteiger partial charge in [0.2, 0.25) is 0 Å². The van der Waals surface area contributed by atoms with E-state index < -0.39 is 12.1 Å². The quantitative estimate of drug-likeness (QED) is 0.262. The smallest absolute Gasteiger partial charge is 0.407 e. The Morgan fingerprint density at radius 2 is 1.82 bits per heavy atom. The number of methoxy groups -OCH3 is 1. The lowest BCUT2D eigenvalue weighted by Crippen LogP contribution is -2.32. The van der Waals surface area contributed by atoms with E-state index in [2.05, 4.69) is 39.7 Å². The molecule has 3 aromatic rings. The van der Waals surface area contributed by atoms with Gasteiger partial charge in [-0.1, -0.05) is 32.9 Å². The molecule has 3 rings (SSSR count). The molecule has 204 valence electrons. The molecule has 0 aliphatic carbocycles. The van der Waals surface area contributed by atoms with Gasteiger partial charge in [-0.25, -0.2) is 14.6 Å². The zero-order valence-corrected chi connectivity index (χ0v) is 22.5. The van der Waals surface area contributed by atoms with Gasteiger partial charge in [-0.3, -0.25) is 0 Å². The fourth-order valence-corrected chi connectivity index (χ4v) is 3.95. The number of rotatable bonds is 13. The van der Waals surface area contributed by atoms with Crippen LogP contribution in [0.15, 0.2) is 59.5 Å². The maximum absolute atomic E-state index is 12.6. The fraction of sp³-hybridized carbons (Fsp3) is 0.393.